The van der Waals surface area contributed by atoms with E-state index in [0.717, 1.165) is 15.7 Å². The van der Waals surface area contributed by atoms with Gasteiger partial charge in [-0.3, -0.25) is 4.98 Å². The van der Waals surface area contributed by atoms with Gasteiger partial charge in [-0.15, -0.1) is 0 Å². The Morgan fingerprint density at radius 1 is 1.20 bits per heavy atom. The third kappa shape index (κ3) is 2.05. The second-order valence-electron chi connectivity index (χ2n) is 4.17. The van der Waals surface area contributed by atoms with Gasteiger partial charge in [0.1, 0.15) is 0 Å². The number of benzene rings is 1. The number of fused-ring (bicyclic) bond motifs is 1. The van der Waals surface area contributed by atoms with Crippen LogP contribution in [0.25, 0.3) is 10.9 Å². The van der Waals surface area contributed by atoms with Crippen molar-refractivity contribution in [2.75, 3.05) is 0 Å². The smallest absolute Gasteiger partial charge is 0.0719 e. The van der Waals surface area contributed by atoms with Gasteiger partial charge < -0.3 is 0 Å². The molecular weight excluding hydrogens is 250 g/mol. The molecule has 0 aliphatic carbocycles. The van der Waals surface area contributed by atoms with Gasteiger partial charge in [-0.25, -0.2) is 0 Å². The van der Waals surface area contributed by atoms with E-state index in [-0.39, 0.29) is 0 Å². The summed E-state index contributed by atoms with van der Waals surface area (Å²) in [5.41, 5.74) is 3.54. The summed E-state index contributed by atoms with van der Waals surface area (Å²) in [6, 6.07) is 8.47. The first-order valence-electron chi connectivity index (χ1n) is 5.14. The molecule has 2 heteroatoms. The quantitative estimate of drug-likeness (QED) is 0.742. The molecule has 1 nitrogen and oxygen atoms in total. The second kappa shape index (κ2) is 3.93. The lowest BCUT2D eigenvalue weighted by atomic mass is 9.98. The normalized spacial score (nSPS) is 11.3. The average Bonchev–Trinajstić information content (AvgIpc) is 2.15. The summed E-state index contributed by atoms with van der Waals surface area (Å²) < 4.78 is 1.09. The van der Waals surface area contributed by atoms with Crippen LogP contribution in [0.4, 0.5) is 0 Å². The first-order valence-corrected chi connectivity index (χ1v) is 5.94. The van der Waals surface area contributed by atoms with Crippen LogP contribution in [0.15, 0.2) is 28.7 Å². The lowest BCUT2D eigenvalue weighted by Crippen LogP contribution is -1.94. The monoisotopic (exact) mass is 263 g/mol. The van der Waals surface area contributed by atoms with Gasteiger partial charge in [-0.1, -0.05) is 35.8 Å². The van der Waals surface area contributed by atoms with Crippen LogP contribution in [0.1, 0.15) is 31.0 Å². The van der Waals surface area contributed by atoms with Gasteiger partial charge in [0.05, 0.1) is 5.52 Å². The molecule has 0 fully saturated rings. The highest BCUT2D eigenvalue weighted by Gasteiger charge is 2.07. The van der Waals surface area contributed by atoms with Gasteiger partial charge in [0, 0.05) is 15.6 Å². The maximum absolute atomic E-state index is 4.55. The predicted molar refractivity (Wildman–Crippen MR) is 68.3 cm³/mol. The van der Waals surface area contributed by atoms with E-state index in [1.54, 1.807) is 0 Å². The molecule has 0 unspecified atom stereocenters. The van der Waals surface area contributed by atoms with Crippen molar-refractivity contribution in [1.29, 1.82) is 0 Å². The standard InChI is InChI=1S/C13H14BrN/c1-8(2)12-6-9(3)15-13-7-10(14)4-5-11(12)13/h4-8H,1-3H3. The summed E-state index contributed by atoms with van der Waals surface area (Å²) in [6.45, 7) is 6.48. The molecule has 0 spiro atoms. The predicted octanol–water partition coefficient (Wildman–Crippen LogP) is 4.43. The molecule has 1 heterocycles. The highest BCUT2D eigenvalue weighted by molar-refractivity contribution is 9.10. The van der Waals surface area contributed by atoms with Crippen molar-refractivity contribution in [2.45, 2.75) is 26.7 Å². The van der Waals surface area contributed by atoms with Crippen molar-refractivity contribution in [3.8, 4) is 0 Å². The summed E-state index contributed by atoms with van der Waals surface area (Å²) in [4.78, 5) is 4.55. The lowest BCUT2D eigenvalue weighted by molar-refractivity contribution is 0.871. The number of rotatable bonds is 1. The van der Waals surface area contributed by atoms with Gasteiger partial charge in [-0.2, -0.15) is 0 Å². The van der Waals surface area contributed by atoms with E-state index in [1.165, 1.54) is 10.9 Å². The maximum Gasteiger partial charge on any atom is 0.0719 e. The summed E-state index contributed by atoms with van der Waals surface area (Å²) >= 11 is 3.48. The molecule has 15 heavy (non-hydrogen) atoms. The fourth-order valence-electron chi connectivity index (χ4n) is 1.84. The van der Waals surface area contributed by atoms with Crippen LogP contribution in [0.5, 0.6) is 0 Å². The van der Waals surface area contributed by atoms with Gasteiger partial charge in [0.25, 0.3) is 0 Å². The fraction of sp³-hybridized carbons (Fsp3) is 0.308. The van der Waals surface area contributed by atoms with Crippen molar-refractivity contribution < 1.29 is 0 Å². The SMILES string of the molecule is Cc1cc(C(C)C)c2ccc(Br)cc2n1. The molecule has 1 aromatic carbocycles. The molecule has 1 aromatic heterocycles. The largest absolute Gasteiger partial charge is 0.253 e. The summed E-state index contributed by atoms with van der Waals surface area (Å²) in [5, 5.41) is 1.26. The molecule has 0 N–H and O–H groups in total. The van der Waals surface area contributed by atoms with E-state index in [9.17, 15) is 0 Å². The van der Waals surface area contributed by atoms with E-state index in [2.05, 4.69) is 59.0 Å². The second-order valence-corrected chi connectivity index (χ2v) is 5.08. The topological polar surface area (TPSA) is 12.9 Å². The number of pyridine rings is 1. The molecule has 78 valence electrons. The van der Waals surface area contributed by atoms with Crippen molar-refractivity contribution in [1.82, 2.24) is 4.98 Å². The van der Waals surface area contributed by atoms with Crippen molar-refractivity contribution in [3.05, 3.63) is 40.0 Å². The first kappa shape index (κ1) is 10.6. The third-order valence-corrected chi connectivity index (χ3v) is 3.05. The first-order chi connectivity index (χ1) is 7.08. The van der Waals surface area contributed by atoms with Crippen LogP contribution in [0.2, 0.25) is 0 Å². The van der Waals surface area contributed by atoms with Gasteiger partial charge in [0.2, 0.25) is 0 Å². The van der Waals surface area contributed by atoms with E-state index in [4.69, 9.17) is 0 Å². The Morgan fingerprint density at radius 3 is 2.60 bits per heavy atom. The van der Waals surface area contributed by atoms with E-state index in [0.29, 0.717) is 5.92 Å². The Balaban J connectivity index is 2.80. The van der Waals surface area contributed by atoms with Crippen LogP contribution in [0, 0.1) is 6.92 Å². The fourth-order valence-corrected chi connectivity index (χ4v) is 2.19. The minimum Gasteiger partial charge on any atom is -0.253 e. The van der Waals surface area contributed by atoms with Gasteiger partial charge >= 0.3 is 0 Å². The van der Waals surface area contributed by atoms with Crippen LogP contribution < -0.4 is 0 Å². The zero-order chi connectivity index (χ0) is 11.0. The number of hydrogen-bond donors (Lipinski definition) is 0. The molecule has 0 aliphatic rings. The highest BCUT2D eigenvalue weighted by atomic mass is 79.9. The highest BCUT2D eigenvalue weighted by Crippen LogP contribution is 2.27. The van der Waals surface area contributed by atoms with Crippen LogP contribution in [0.3, 0.4) is 0 Å². The lowest BCUT2D eigenvalue weighted by Gasteiger charge is -2.11. The molecule has 2 aromatic rings. The van der Waals surface area contributed by atoms with Crippen LogP contribution >= 0.6 is 15.9 Å². The molecule has 0 aliphatic heterocycles. The van der Waals surface area contributed by atoms with Crippen molar-refractivity contribution >= 4 is 26.8 Å². The summed E-state index contributed by atoms with van der Waals surface area (Å²) in [6.07, 6.45) is 0. The Morgan fingerprint density at radius 2 is 1.93 bits per heavy atom. The molecule has 0 saturated carbocycles. The van der Waals surface area contributed by atoms with Gasteiger partial charge in [0.15, 0.2) is 0 Å². The number of halogens is 1. The number of hydrogen-bond acceptors (Lipinski definition) is 1. The molecular formula is C13H14BrN. The third-order valence-electron chi connectivity index (χ3n) is 2.55. The number of aryl methyl sites for hydroxylation is 1. The molecule has 0 saturated heterocycles. The molecule has 0 bridgehead atoms. The minimum atomic E-state index is 0.537. The maximum atomic E-state index is 4.55. The zero-order valence-electron chi connectivity index (χ0n) is 9.21. The van der Waals surface area contributed by atoms with Gasteiger partial charge in [-0.05, 0) is 36.6 Å². The summed E-state index contributed by atoms with van der Waals surface area (Å²) in [7, 11) is 0. The van der Waals surface area contributed by atoms with Crippen molar-refractivity contribution in [3.63, 3.8) is 0 Å². The van der Waals surface area contributed by atoms with Crippen molar-refractivity contribution in [2.24, 2.45) is 0 Å². The Kier molecular flexibility index (Phi) is 2.79. The number of aromatic nitrogens is 1. The summed E-state index contributed by atoms with van der Waals surface area (Å²) in [5.74, 6) is 0.537. The molecule has 2 rings (SSSR count). The van der Waals surface area contributed by atoms with Crippen LogP contribution in [-0.4, -0.2) is 4.98 Å². The Bertz CT molecular complexity index is 498. The number of nitrogens with zero attached hydrogens (tertiary/aromatic N) is 1. The average molecular weight is 264 g/mol. The van der Waals surface area contributed by atoms with Crippen LogP contribution in [-0.2, 0) is 0 Å². The minimum absolute atomic E-state index is 0.537. The molecule has 0 amide bonds. The Hall–Kier alpha value is -0.890. The molecule has 0 atom stereocenters. The van der Waals surface area contributed by atoms with E-state index >= 15 is 0 Å². The Labute approximate surface area is 98.7 Å². The molecule has 0 radical (unpaired) electrons. The van der Waals surface area contributed by atoms with E-state index in [1.807, 2.05) is 6.92 Å². The van der Waals surface area contributed by atoms with E-state index < -0.39 is 0 Å². The zero-order valence-corrected chi connectivity index (χ0v) is 10.8.